The van der Waals surface area contributed by atoms with Crippen LogP contribution in [0.4, 0.5) is 5.69 Å². The molecule has 0 aromatic heterocycles. The maximum Gasteiger partial charge on any atom is 0.0481 e. The van der Waals surface area contributed by atoms with Gasteiger partial charge in [0.15, 0.2) is 0 Å². The van der Waals surface area contributed by atoms with E-state index >= 15 is 0 Å². The monoisotopic (exact) mass is 193 g/mol. The fourth-order valence-electron chi connectivity index (χ4n) is 1.54. The number of anilines is 1. The maximum atomic E-state index is 3.49. The second kappa shape index (κ2) is 4.05. The Morgan fingerprint density at radius 1 is 1.31 bits per heavy atom. The van der Waals surface area contributed by atoms with Crippen LogP contribution in [0.1, 0.15) is 18.4 Å². The van der Waals surface area contributed by atoms with Gasteiger partial charge in [0.1, 0.15) is 0 Å². The summed E-state index contributed by atoms with van der Waals surface area (Å²) in [5.74, 6) is 1.26. The summed E-state index contributed by atoms with van der Waals surface area (Å²) in [5, 5.41) is 3.49. The van der Waals surface area contributed by atoms with Crippen LogP contribution in [-0.4, -0.2) is 12.3 Å². The van der Waals surface area contributed by atoms with E-state index in [4.69, 9.17) is 0 Å². The molecule has 1 aliphatic rings. The molecule has 0 bridgehead atoms. The zero-order valence-electron chi connectivity index (χ0n) is 7.97. The molecule has 1 nitrogen and oxygen atoms in total. The average molecular weight is 193 g/mol. The highest BCUT2D eigenvalue weighted by molar-refractivity contribution is 7.99. The Bertz CT molecular complexity index is 296. The van der Waals surface area contributed by atoms with Gasteiger partial charge in [0.25, 0.3) is 0 Å². The molecule has 1 aliphatic heterocycles. The van der Waals surface area contributed by atoms with Gasteiger partial charge in [-0.15, -0.1) is 11.8 Å². The van der Waals surface area contributed by atoms with E-state index in [0.29, 0.717) is 0 Å². The molecule has 0 saturated carbocycles. The van der Waals surface area contributed by atoms with E-state index < -0.39 is 0 Å². The van der Waals surface area contributed by atoms with Gasteiger partial charge in [-0.05, 0) is 43.2 Å². The molecule has 2 heteroatoms. The van der Waals surface area contributed by atoms with Crippen molar-refractivity contribution < 1.29 is 0 Å². The molecule has 2 rings (SSSR count). The third kappa shape index (κ3) is 2.19. The van der Waals surface area contributed by atoms with Crippen molar-refractivity contribution in [3.05, 3.63) is 23.8 Å². The molecule has 70 valence electrons. The molecule has 0 aliphatic carbocycles. The summed E-state index contributed by atoms with van der Waals surface area (Å²) >= 11 is 1.97. The van der Waals surface area contributed by atoms with Crippen LogP contribution in [0.3, 0.4) is 0 Å². The van der Waals surface area contributed by atoms with E-state index in [1.807, 2.05) is 11.8 Å². The van der Waals surface area contributed by atoms with E-state index in [-0.39, 0.29) is 0 Å². The Morgan fingerprint density at radius 3 is 3.15 bits per heavy atom. The topological polar surface area (TPSA) is 12.0 Å². The summed E-state index contributed by atoms with van der Waals surface area (Å²) < 4.78 is 0. The Labute approximate surface area is 83.9 Å². The van der Waals surface area contributed by atoms with Gasteiger partial charge in [-0.3, -0.25) is 0 Å². The van der Waals surface area contributed by atoms with Crippen LogP contribution >= 0.6 is 11.8 Å². The third-order valence-electron chi connectivity index (χ3n) is 2.28. The number of aryl methyl sites for hydroxylation is 1. The van der Waals surface area contributed by atoms with Gasteiger partial charge < -0.3 is 5.32 Å². The van der Waals surface area contributed by atoms with Crippen molar-refractivity contribution in [1.82, 2.24) is 0 Å². The number of nitrogens with one attached hydrogen (secondary N) is 1. The predicted molar refractivity (Wildman–Crippen MR) is 59.6 cm³/mol. The number of thioether (sulfide) groups is 1. The zero-order valence-corrected chi connectivity index (χ0v) is 8.79. The van der Waals surface area contributed by atoms with Crippen molar-refractivity contribution in [3.63, 3.8) is 0 Å². The molecule has 0 unspecified atom stereocenters. The van der Waals surface area contributed by atoms with Crippen molar-refractivity contribution >= 4 is 17.4 Å². The van der Waals surface area contributed by atoms with Gasteiger partial charge >= 0.3 is 0 Å². The van der Waals surface area contributed by atoms with E-state index in [1.165, 1.54) is 34.7 Å². The molecule has 0 spiro atoms. The van der Waals surface area contributed by atoms with Gasteiger partial charge in [-0.25, -0.2) is 0 Å². The highest BCUT2D eigenvalue weighted by Gasteiger charge is 2.05. The van der Waals surface area contributed by atoms with Gasteiger partial charge in [0, 0.05) is 17.1 Å². The summed E-state index contributed by atoms with van der Waals surface area (Å²) in [4.78, 5) is 1.41. The minimum atomic E-state index is 1.12. The Balaban J connectivity index is 2.28. The minimum Gasteiger partial charge on any atom is -0.384 e. The van der Waals surface area contributed by atoms with Crippen molar-refractivity contribution in [2.45, 2.75) is 24.7 Å². The molecule has 1 N–H and O–H groups in total. The van der Waals surface area contributed by atoms with Crippen molar-refractivity contribution in [2.24, 2.45) is 0 Å². The Kier molecular flexibility index (Phi) is 2.79. The second-order valence-corrected chi connectivity index (χ2v) is 4.62. The van der Waals surface area contributed by atoms with Crippen molar-refractivity contribution in [1.29, 1.82) is 0 Å². The first-order chi connectivity index (χ1) is 6.36. The number of benzene rings is 1. The molecular formula is C11H15NS. The third-order valence-corrected chi connectivity index (χ3v) is 3.44. The molecule has 1 aromatic rings. The van der Waals surface area contributed by atoms with Crippen LogP contribution in [0, 0.1) is 6.92 Å². The van der Waals surface area contributed by atoms with E-state index in [1.54, 1.807) is 0 Å². The van der Waals surface area contributed by atoms with Crippen LogP contribution in [0.2, 0.25) is 0 Å². The lowest BCUT2D eigenvalue weighted by Gasteiger charge is -2.15. The Hall–Kier alpha value is -0.630. The average Bonchev–Trinajstić information content (AvgIpc) is 2.08. The van der Waals surface area contributed by atoms with Crippen LogP contribution in [-0.2, 0) is 0 Å². The summed E-state index contributed by atoms with van der Waals surface area (Å²) in [7, 11) is 0. The summed E-state index contributed by atoms with van der Waals surface area (Å²) in [6.45, 7) is 3.27. The predicted octanol–water partition coefficient (Wildman–Crippen LogP) is 3.29. The van der Waals surface area contributed by atoms with E-state index in [9.17, 15) is 0 Å². The lowest BCUT2D eigenvalue weighted by Crippen LogP contribution is -2.05. The zero-order chi connectivity index (χ0) is 9.10. The number of rotatable bonds is 0. The molecular weight excluding hydrogens is 178 g/mol. The normalized spacial score (nSPS) is 16.7. The van der Waals surface area contributed by atoms with Gasteiger partial charge in [0.2, 0.25) is 0 Å². The standard InChI is InChI=1S/C11H15NS/c1-9-4-5-11-10(8-9)12-6-2-3-7-13-11/h4-5,8,12H,2-3,6-7H2,1H3. The molecule has 0 radical (unpaired) electrons. The maximum absolute atomic E-state index is 3.49. The van der Waals surface area contributed by atoms with Crippen LogP contribution in [0.25, 0.3) is 0 Å². The molecule has 1 heterocycles. The van der Waals surface area contributed by atoms with Crippen molar-refractivity contribution in [2.75, 3.05) is 17.6 Å². The minimum absolute atomic E-state index is 1.12. The lowest BCUT2D eigenvalue weighted by atomic mass is 10.2. The van der Waals surface area contributed by atoms with Gasteiger partial charge in [-0.2, -0.15) is 0 Å². The Morgan fingerprint density at radius 2 is 2.23 bits per heavy atom. The first kappa shape index (κ1) is 8.95. The highest BCUT2D eigenvalue weighted by Crippen LogP contribution is 2.30. The fraction of sp³-hybridized carbons (Fsp3) is 0.455. The molecule has 0 fully saturated rings. The number of hydrogen-bond acceptors (Lipinski definition) is 2. The van der Waals surface area contributed by atoms with Crippen molar-refractivity contribution in [3.8, 4) is 0 Å². The quantitative estimate of drug-likeness (QED) is 0.678. The smallest absolute Gasteiger partial charge is 0.0481 e. The molecule has 1 aromatic carbocycles. The highest BCUT2D eigenvalue weighted by atomic mass is 32.2. The van der Waals surface area contributed by atoms with Crippen LogP contribution in [0.15, 0.2) is 23.1 Å². The van der Waals surface area contributed by atoms with E-state index in [2.05, 4.69) is 30.4 Å². The van der Waals surface area contributed by atoms with Gasteiger partial charge in [0.05, 0.1) is 0 Å². The molecule has 0 saturated heterocycles. The molecule has 0 atom stereocenters. The molecule has 0 amide bonds. The molecule has 13 heavy (non-hydrogen) atoms. The first-order valence-electron chi connectivity index (χ1n) is 4.83. The number of hydrogen-bond donors (Lipinski definition) is 1. The fourth-order valence-corrected chi connectivity index (χ4v) is 2.56. The van der Waals surface area contributed by atoms with Crippen LogP contribution in [0.5, 0.6) is 0 Å². The number of fused-ring (bicyclic) bond motifs is 1. The second-order valence-electron chi connectivity index (χ2n) is 3.48. The summed E-state index contributed by atoms with van der Waals surface area (Å²) in [6.07, 6.45) is 2.62. The summed E-state index contributed by atoms with van der Waals surface area (Å²) in [5.41, 5.74) is 2.66. The lowest BCUT2D eigenvalue weighted by molar-refractivity contribution is 0.835. The SMILES string of the molecule is Cc1ccc2c(c1)NCCCCS2. The first-order valence-corrected chi connectivity index (χ1v) is 5.82. The summed E-state index contributed by atoms with van der Waals surface area (Å²) in [6, 6.07) is 6.66. The van der Waals surface area contributed by atoms with Crippen LogP contribution < -0.4 is 5.32 Å². The van der Waals surface area contributed by atoms with E-state index in [0.717, 1.165) is 6.54 Å². The largest absolute Gasteiger partial charge is 0.384 e. The van der Waals surface area contributed by atoms with Gasteiger partial charge in [-0.1, -0.05) is 6.07 Å².